The predicted octanol–water partition coefficient (Wildman–Crippen LogP) is 6.24. The van der Waals surface area contributed by atoms with Crippen molar-refractivity contribution >= 4 is 29.6 Å². The summed E-state index contributed by atoms with van der Waals surface area (Å²) in [5.74, 6) is 0. The van der Waals surface area contributed by atoms with Gasteiger partial charge in [-0.05, 0) is 67.4 Å². The molecular weight excluding hydrogens is 493 g/mol. The summed E-state index contributed by atoms with van der Waals surface area (Å²) in [7, 11) is 1.58. The molecule has 0 unspecified atom stereocenters. The highest BCUT2D eigenvalue weighted by molar-refractivity contribution is 5.86. The van der Waals surface area contributed by atoms with Crippen molar-refractivity contribution in [2.45, 2.75) is 26.6 Å². The van der Waals surface area contributed by atoms with Crippen molar-refractivity contribution in [1.82, 2.24) is 9.55 Å². The summed E-state index contributed by atoms with van der Waals surface area (Å²) in [5, 5.41) is 13.3. The van der Waals surface area contributed by atoms with Crippen LogP contribution in [0.2, 0.25) is 0 Å². The summed E-state index contributed by atoms with van der Waals surface area (Å²) in [4.78, 5) is 14.8. The van der Waals surface area contributed by atoms with Crippen LogP contribution in [0.15, 0.2) is 67.1 Å². The summed E-state index contributed by atoms with van der Waals surface area (Å²) in [6, 6.07) is 14.9. The minimum absolute atomic E-state index is 0.408. The van der Waals surface area contributed by atoms with Gasteiger partial charge in [0.2, 0.25) is 0 Å². The number of halogens is 3. The fraction of sp³-hybridized carbons (Fsp3) is 0.179. The molecule has 0 bridgehead atoms. The van der Waals surface area contributed by atoms with Crippen molar-refractivity contribution in [3.05, 3.63) is 101 Å². The number of anilines is 3. The molecule has 0 aliphatic carbocycles. The predicted molar refractivity (Wildman–Crippen MR) is 145 cm³/mol. The molecule has 0 atom stereocenters. The molecule has 4 aromatic rings. The number of hydrogen-bond donors (Lipinski definition) is 4. The second kappa shape index (κ2) is 12.1. The Morgan fingerprint density at radius 1 is 1.05 bits per heavy atom. The van der Waals surface area contributed by atoms with Gasteiger partial charge in [-0.25, -0.2) is 4.98 Å². The van der Waals surface area contributed by atoms with Crippen molar-refractivity contribution in [3.8, 4) is 5.69 Å². The normalized spacial score (nSPS) is 10.8. The largest absolute Gasteiger partial charge is 0.416 e. The number of benzene rings is 3. The van der Waals surface area contributed by atoms with Crippen LogP contribution >= 0.6 is 0 Å². The van der Waals surface area contributed by atoms with Crippen molar-refractivity contribution < 1.29 is 18.0 Å². The molecule has 1 heterocycles. The molecule has 38 heavy (non-hydrogen) atoms. The third-order valence-electron chi connectivity index (χ3n) is 5.78. The maximum absolute atomic E-state index is 12.8. The number of imidazole rings is 1. The van der Waals surface area contributed by atoms with Crippen molar-refractivity contribution in [1.29, 1.82) is 5.41 Å². The monoisotopic (exact) mass is 522 g/mol. The number of hydrogen-bond acceptors (Lipinski definition) is 6. The van der Waals surface area contributed by atoms with Crippen LogP contribution in [0.4, 0.5) is 30.2 Å². The molecule has 1 aromatic heterocycles. The van der Waals surface area contributed by atoms with Gasteiger partial charge in [-0.1, -0.05) is 12.1 Å². The first-order valence-corrected chi connectivity index (χ1v) is 11.6. The van der Waals surface area contributed by atoms with Gasteiger partial charge in [0.25, 0.3) is 0 Å². The van der Waals surface area contributed by atoms with Crippen molar-refractivity contribution in [2.75, 3.05) is 23.4 Å². The van der Waals surface area contributed by atoms with Crippen molar-refractivity contribution in [3.63, 3.8) is 0 Å². The fourth-order valence-electron chi connectivity index (χ4n) is 3.59. The summed E-state index contributed by atoms with van der Waals surface area (Å²) in [6.07, 6.45) is 0.883. The third kappa shape index (κ3) is 7.22. The van der Waals surface area contributed by atoms with Gasteiger partial charge in [-0.15, -0.1) is 0 Å². The van der Waals surface area contributed by atoms with E-state index in [0.29, 0.717) is 34.7 Å². The number of nitrogens with one attached hydrogen (secondary N) is 3. The maximum Gasteiger partial charge on any atom is 0.416 e. The molecule has 0 fully saturated rings. The third-order valence-corrected chi connectivity index (χ3v) is 5.78. The molecule has 0 spiro atoms. The van der Waals surface area contributed by atoms with Gasteiger partial charge in [0.05, 0.1) is 17.6 Å². The molecule has 7 nitrogen and oxygen atoms in total. The molecule has 10 heteroatoms. The van der Waals surface area contributed by atoms with Crippen LogP contribution < -0.4 is 16.4 Å². The van der Waals surface area contributed by atoms with Crippen LogP contribution in [0, 0.1) is 19.3 Å². The highest BCUT2D eigenvalue weighted by atomic mass is 19.4. The second-order valence-corrected chi connectivity index (χ2v) is 8.58. The fourth-order valence-corrected chi connectivity index (χ4v) is 3.59. The number of aromatic nitrogens is 2. The van der Waals surface area contributed by atoms with Gasteiger partial charge in [0.15, 0.2) is 0 Å². The van der Waals surface area contributed by atoms with E-state index in [1.165, 1.54) is 12.5 Å². The Morgan fingerprint density at radius 2 is 1.82 bits per heavy atom. The number of aldehydes is 1. The first-order chi connectivity index (χ1) is 18.0. The molecule has 0 amide bonds. The maximum atomic E-state index is 12.8. The quantitative estimate of drug-likeness (QED) is 0.131. The van der Waals surface area contributed by atoms with Gasteiger partial charge >= 0.3 is 6.18 Å². The van der Waals surface area contributed by atoms with Crippen LogP contribution in [0.5, 0.6) is 0 Å². The zero-order valence-corrected chi connectivity index (χ0v) is 21.2. The zero-order valence-electron chi connectivity index (χ0n) is 21.2. The number of nitrogen functional groups attached to an aromatic ring is 1. The van der Waals surface area contributed by atoms with Crippen LogP contribution in [0.1, 0.15) is 38.3 Å². The Balaban J connectivity index is 0.000000212. The molecule has 4 rings (SSSR count). The molecular formula is C28H29F3N6O. The molecule has 198 valence electrons. The van der Waals surface area contributed by atoms with E-state index in [1.807, 2.05) is 37.3 Å². The van der Waals surface area contributed by atoms with Gasteiger partial charge in [-0.3, -0.25) is 4.79 Å². The first-order valence-electron chi connectivity index (χ1n) is 11.6. The standard InChI is InChI=1S/C16H17N3O.C12H12F3N3/c1-11-2-3-12(10-20)6-14(11)9-19-15-4-5-16(18)13(7-15)8-17;1-8-6-18(7-17-8)11-4-9(12(13,14)15)3-10(5-11)16-2/h2-8,10,17,19H,9,18H2,1H3;3-7,16H,1-2H3. The molecule has 0 saturated heterocycles. The number of carbonyl (C=O) groups is 1. The minimum atomic E-state index is -4.36. The smallest absolute Gasteiger partial charge is 0.398 e. The summed E-state index contributed by atoms with van der Waals surface area (Å²) in [6.45, 7) is 4.41. The van der Waals surface area contributed by atoms with Crippen LogP contribution in [-0.4, -0.2) is 29.1 Å². The van der Waals surface area contributed by atoms with E-state index >= 15 is 0 Å². The van der Waals surface area contributed by atoms with E-state index in [1.54, 1.807) is 36.9 Å². The van der Waals surface area contributed by atoms with Gasteiger partial charge in [0.1, 0.15) is 6.29 Å². The Bertz CT molecular complexity index is 1430. The van der Waals surface area contributed by atoms with Crippen LogP contribution in [-0.2, 0) is 12.7 Å². The molecule has 0 aliphatic rings. The van der Waals surface area contributed by atoms with Gasteiger partial charge < -0.3 is 26.3 Å². The van der Waals surface area contributed by atoms with E-state index in [2.05, 4.69) is 15.6 Å². The van der Waals surface area contributed by atoms with Crippen LogP contribution in [0.25, 0.3) is 5.69 Å². The van der Waals surface area contributed by atoms with Crippen molar-refractivity contribution in [2.24, 2.45) is 0 Å². The number of alkyl halides is 3. The van der Waals surface area contributed by atoms with E-state index in [0.717, 1.165) is 40.9 Å². The molecule has 0 saturated carbocycles. The molecule has 0 radical (unpaired) electrons. The van der Waals surface area contributed by atoms with Gasteiger partial charge in [-0.2, -0.15) is 13.2 Å². The lowest BCUT2D eigenvalue weighted by atomic mass is 10.1. The lowest BCUT2D eigenvalue weighted by Gasteiger charge is -2.12. The number of aryl methyl sites for hydroxylation is 2. The average molecular weight is 523 g/mol. The summed E-state index contributed by atoms with van der Waals surface area (Å²) in [5.41, 5.74) is 11.7. The first kappa shape index (κ1) is 28.0. The Labute approximate surface area is 219 Å². The molecule has 5 N–H and O–H groups in total. The summed E-state index contributed by atoms with van der Waals surface area (Å²) < 4.78 is 39.8. The summed E-state index contributed by atoms with van der Waals surface area (Å²) >= 11 is 0. The zero-order chi connectivity index (χ0) is 27.9. The topological polar surface area (TPSA) is 109 Å². The Kier molecular flexibility index (Phi) is 8.90. The number of rotatable bonds is 7. The second-order valence-electron chi connectivity index (χ2n) is 8.58. The molecule has 0 aliphatic heterocycles. The number of nitrogens with two attached hydrogens (primary N) is 1. The lowest BCUT2D eigenvalue weighted by Crippen LogP contribution is -2.07. The van der Waals surface area contributed by atoms with Gasteiger partial charge in [0, 0.05) is 59.9 Å². The Morgan fingerprint density at radius 3 is 2.42 bits per heavy atom. The highest BCUT2D eigenvalue weighted by Crippen LogP contribution is 2.32. The number of carbonyl (C=O) groups excluding carboxylic acids is 1. The lowest BCUT2D eigenvalue weighted by molar-refractivity contribution is -0.137. The van der Waals surface area contributed by atoms with E-state index < -0.39 is 11.7 Å². The highest BCUT2D eigenvalue weighted by Gasteiger charge is 2.31. The minimum Gasteiger partial charge on any atom is -0.398 e. The van der Waals surface area contributed by atoms with E-state index in [4.69, 9.17) is 11.1 Å². The number of nitrogens with zero attached hydrogens (tertiary/aromatic N) is 2. The van der Waals surface area contributed by atoms with Crippen LogP contribution in [0.3, 0.4) is 0 Å². The Hall–Kier alpha value is -4.60. The molecule has 3 aromatic carbocycles. The SMILES string of the molecule is CNc1cc(-n2cnc(C)c2)cc(C(F)(F)F)c1.Cc1ccc(C=O)cc1CNc1ccc(N)c(C=N)c1. The average Bonchev–Trinajstić information content (AvgIpc) is 3.34. The van der Waals surface area contributed by atoms with E-state index in [9.17, 15) is 18.0 Å². The van der Waals surface area contributed by atoms with E-state index in [-0.39, 0.29) is 0 Å².